The Bertz CT molecular complexity index is 945. The Morgan fingerprint density at radius 1 is 1.06 bits per heavy atom. The second kappa shape index (κ2) is 12.6. The lowest BCUT2D eigenvalue weighted by molar-refractivity contribution is -0.140. The average Bonchev–Trinajstić information content (AvgIpc) is 2.74. The zero-order valence-corrected chi connectivity index (χ0v) is 20.3. The monoisotopic (exact) mass is 497 g/mol. The first-order valence-electron chi connectivity index (χ1n) is 10.5. The van der Waals surface area contributed by atoms with Crippen LogP contribution in [0.3, 0.4) is 0 Å². The fourth-order valence-corrected chi connectivity index (χ4v) is 4.09. The van der Waals surface area contributed by atoms with Gasteiger partial charge in [-0.15, -0.1) is 11.8 Å². The Labute approximate surface area is 201 Å². The van der Waals surface area contributed by atoms with E-state index in [1.807, 2.05) is 0 Å². The van der Waals surface area contributed by atoms with Gasteiger partial charge in [0.15, 0.2) is 0 Å². The minimum absolute atomic E-state index is 0.0108. The van der Waals surface area contributed by atoms with Crippen LogP contribution in [0.4, 0.5) is 13.6 Å². The minimum atomic E-state index is -0.754. The van der Waals surface area contributed by atoms with Crippen LogP contribution in [0, 0.1) is 11.6 Å². The maximum absolute atomic E-state index is 13.4. The van der Waals surface area contributed by atoms with Gasteiger partial charge in [0.25, 0.3) is 0 Å². The number of aliphatic hydroxyl groups is 1. The molecule has 0 heterocycles. The molecule has 0 aliphatic heterocycles. The van der Waals surface area contributed by atoms with Crippen LogP contribution in [-0.4, -0.2) is 48.3 Å². The summed E-state index contributed by atoms with van der Waals surface area (Å²) >= 11 is 1.29. The predicted octanol–water partition coefficient (Wildman–Crippen LogP) is 4.98. The van der Waals surface area contributed by atoms with Crippen LogP contribution >= 0.6 is 11.8 Å². The van der Waals surface area contributed by atoms with Gasteiger partial charge < -0.3 is 24.6 Å². The van der Waals surface area contributed by atoms with Gasteiger partial charge in [0.1, 0.15) is 34.0 Å². The highest BCUT2D eigenvalue weighted by Crippen LogP contribution is 2.33. The van der Waals surface area contributed by atoms with Crippen molar-refractivity contribution >= 4 is 23.8 Å². The third kappa shape index (κ3) is 9.18. The molecule has 2 aromatic rings. The van der Waals surface area contributed by atoms with Crippen molar-refractivity contribution in [1.29, 1.82) is 0 Å². The standard InChI is InChI=1S/C24H29F2NO6S/c1-24(2,3)33-23(30)27-18(14-28)9-10-34-21(22(29)31-4)15-5-7-19(8-6-15)32-20-12-16(25)11-17(26)13-20/h5-8,11-13,18,21,28H,9-10,14H2,1-4H3,(H,27,30)/t18-,21?/m0/s1. The normalized spacial score (nSPS) is 13.0. The third-order valence-electron chi connectivity index (χ3n) is 4.36. The van der Waals surface area contributed by atoms with Gasteiger partial charge in [0.05, 0.1) is 19.8 Å². The van der Waals surface area contributed by atoms with Gasteiger partial charge in [0, 0.05) is 18.2 Å². The lowest BCUT2D eigenvalue weighted by Crippen LogP contribution is -2.41. The van der Waals surface area contributed by atoms with Crippen molar-refractivity contribution in [1.82, 2.24) is 5.32 Å². The van der Waals surface area contributed by atoms with Crippen molar-refractivity contribution in [2.45, 2.75) is 44.1 Å². The van der Waals surface area contributed by atoms with Crippen molar-refractivity contribution in [2.24, 2.45) is 0 Å². The molecule has 7 nitrogen and oxygen atoms in total. The molecule has 0 spiro atoms. The van der Waals surface area contributed by atoms with Gasteiger partial charge in [-0.25, -0.2) is 13.6 Å². The molecule has 0 aromatic heterocycles. The van der Waals surface area contributed by atoms with Gasteiger partial charge in [-0.05, 0) is 50.6 Å². The van der Waals surface area contributed by atoms with E-state index in [9.17, 15) is 23.5 Å². The smallest absolute Gasteiger partial charge is 0.407 e. The van der Waals surface area contributed by atoms with Gasteiger partial charge >= 0.3 is 12.1 Å². The maximum Gasteiger partial charge on any atom is 0.407 e. The summed E-state index contributed by atoms with van der Waals surface area (Å²) < 4.78 is 42.3. The number of rotatable bonds is 10. The van der Waals surface area contributed by atoms with Crippen molar-refractivity contribution in [3.8, 4) is 11.5 Å². The summed E-state index contributed by atoms with van der Waals surface area (Å²) in [5.41, 5.74) is -0.0247. The number of hydrogen-bond donors (Lipinski definition) is 2. The molecule has 0 fully saturated rings. The van der Waals surface area contributed by atoms with E-state index in [0.717, 1.165) is 18.2 Å². The Morgan fingerprint density at radius 3 is 2.21 bits per heavy atom. The molecule has 0 radical (unpaired) electrons. The molecule has 1 unspecified atom stereocenters. The third-order valence-corrected chi connectivity index (χ3v) is 5.63. The summed E-state index contributed by atoms with van der Waals surface area (Å²) in [6, 6.07) is 8.80. The summed E-state index contributed by atoms with van der Waals surface area (Å²) in [5, 5.41) is 11.5. The molecular weight excluding hydrogens is 468 g/mol. The molecule has 186 valence electrons. The van der Waals surface area contributed by atoms with Crippen molar-refractivity contribution in [2.75, 3.05) is 19.5 Å². The fraction of sp³-hybridized carbons (Fsp3) is 0.417. The van der Waals surface area contributed by atoms with E-state index >= 15 is 0 Å². The van der Waals surface area contributed by atoms with Gasteiger partial charge in [-0.2, -0.15) is 0 Å². The minimum Gasteiger partial charge on any atom is -0.468 e. The molecule has 34 heavy (non-hydrogen) atoms. The lowest BCUT2D eigenvalue weighted by atomic mass is 10.1. The number of hydrogen-bond acceptors (Lipinski definition) is 7. The van der Waals surface area contributed by atoms with Crippen LogP contribution in [0.25, 0.3) is 0 Å². The van der Waals surface area contributed by atoms with Gasteiger partial charge in [-0.1, -0.05) is 12.1 Å². The largest absolute Gasteiger partial charge is 0.468 e. The molecule has 0 saturated carbocycles. The molecule has 2 atom stereocenters. The number of benzene rings is 2. The molecule has 10 heteroatoms. The first kappa shape index (κ1) is 27.4. The highest BCUT2D eigenvalue weighted by atomic mass is 32.2. The van der Waals surface area contributed by atoms with Crippen molar-refractivity contribution in [3.05, 3.63) is 59.7 Å². The van der Waals surface area contributed by atoms with E-state index in [1.54, 1.807) is 45.0 Å². The molecule has 1 amide bonds. The zero-order valence-electron chi connectivity index (χ0n) is 19.5. The van der Waals surface area contributed by atoms with Crippen LogP contribution < -0.4 is 10.1 Å². The van der Waals surface area contributed by atoms with Crippen molar-refractivity contribution in [3.63, 3.8) is 0 Å². The Kier molecular flexibility index (Phi) is 10.1. The number of aliphatic hydroxyl groups excluding tert-OH is 1. The fourth-order valence-electron chi connectivity index (χ4n) is 2.85. The Hall–Kier alpha value is -2.85. The number of ether oxygens (including phenoxy) is 3. The van der Waals surface area contributed by atoms with E-state index in [0.29, 0.717) is 23.5 Å². The van der Waals surface area contributed by atoms with Crippen LogP contribution in [0.1, 0.15) is 38.0 Å². The summed E-state index contributed by atoms with van der Waals surface area (Å²) in [5.74, 6) is -1.19. The zero-order chi connectivity index (χ0) is 25.3. The predicted molar refractivity (Wildman–Crippen MR) is 125 cm³/mol. The summed E-state index contributed by atoms with van der Waals surface area (Å²) in [6.45, 7) is 4.94. The highest BCUT2D eigenvalue weighted by molar-refractivity contribution is 8.00. The molecule has 0 aliphatic rings. The summed E-state index contributed by atoms with van der Waals surface area (Å²) in [7, 11) is 1.28. The number of thioether (sulfide) groups is 1. The number of nitrogens with one attached hydrogen (secondary N) is 1. The van der Waals surface area contributed by atoms with Crippen LogP contribution in [0.5, 0.6) is 11.5 Å². The molecule has 0 saturated heterocycles. The molecule has 0 bridgehead atoms. The Balaban J connectivity index is 1.99. The second-order valence-corrected chi connectivity index (χ2v) is 9.58. The lowest BCUT2D eigenvalue weighted by Gasteiger charge is -2.23. The first-order chi connectivity index (χ1) is 16.0. The Morgan fingerprint density at radius 2 is 1.68 bits per heavy atom. The first-order valence-corrected chi connectivity index (χ1v) is 11.6. The molecule has 2 aromatic carbocycles. The SMILES string of the molecule is COC(=O)C(SCC[C@@H](CO)NC(=O)OC(C)(C)C)c1ccc(Oc2cc(F)cc(F)c2)cc1. The highest BCUT2D eigenvalue weighted by Gasteiger charge is 2.24. The van der Waals surface area contributed by atoms with Crippen LogP contribution in [0.2, 0.25) is 0 Å². The second-order valence-electron chi connectivity index (χ2n) is 8.36. The van der Waals surface area contributed by atoms with E-state index in [1.165, 1.54) is 18.9 Å². The van der Waals surface area contributed by atoms with Crippen LogP contribution in [-0.2, 0) is 14.3 Å². The number of halogens is 2. The number of carbonyl (C=O) groups is 2. The molecule has 2 rings (SSSR count). The average molecular weight is 498 g/mol. The molecular formula is C24H29F2NO6S. The quantitative estimate of drug-likeness (QED) is 0.447. The number of carbonyl (C=O) groups excluding carboxylic acids is 2. The van der Waals surface area contributed by atoms with Crippen molar-refractivity contribution < 1.29 is 37.7 Å². The van der Waals surface area contributed by atoms with Crippen LogP contribution in [0.15, 0.2) is 42.5 Å². The molecule has 2 N–H and O–H groups in total. The topological polar surface area (TPSA) is 94.1 Å². The maximum atomic E-state index is 13.4. The number of methoxy groups -OCH3 is 1. The van der Waals surface area contributed by atoms with Gasteiger partial charge in [-0.3, -0.25) is 4.79 Å². The van der Waals surface area contributed by atoms with E-state index in [-0.39, 0.29) is 12.4 Å². The summed E-state index contributed by atoms with van der Waals surface area (Å²) in [6.07, 6.45) is -0.241. The summed E-state index contributed by atoms with van der Waals surface area (Å²) in [4.78, 5) is 24.3. The number of esters is 1. The van der Waals surface area contributed by atoms with E-state index < -0.39 is 40.6 Å². The van der Waals surface area contributed by atoms with E-state index in [2.05, 4.69) is 5.32 Å². The number of alkyl carbamates (subject to hydrolysis) is 1. The van der Waals surface area contributed by atoms with Gasteiger partial charge in [0.2, 0.25) is 0 Å². The van der Waals surface area contributed by atoms with E-state index in [4.69, 9.17) is 14.2 Å². The molecule has 0 aliphatic carbocycles. The number of amides is 1.